The number of carboxylic acids is 2. The van der Waals surface area contributed by atoms with Crippen LogP contribution in [0.25, 0.3) is 0 Å². The summed E-state index contributed by atoms with van der Waals surface area (Å²) in [5, 5.41) is 47.9. The molecule has 6 atom stereocenters. The molecule has 258 valence electrons. The molecule has 0 bridgehead atoms. The molecule has 46 heavy (non-hydrogen) atoms. The molecule has 0 radical (unpaired) electrons. The smallest absolute Gasteiger partial charge is 0.328 e. The van der Waals surface area contributed by atoms with Crippen LogP contribution in [0.15, 0.2) is 0 Å². The summed E-state index contributed by atoms with van der Waals surface area (Å²) in [5.41, 5.74) is 10.4. The monoisotopic (exact) mass is 660 g/mol. The SMILES string of the molecule is C[C@H](NC(=O)CN)C(=O)N[C@@H](CO)C(=O)N[C@@H](CC(N)=O)C(=O)N1CCC[C@H]1C(=O)N[C@@H](CCC(=O)O)C(=O)N[C@@H](CO)C(=O)O. The van der Waals surface area contributed by atoms with Gasteiger partial charge in [-0.1, -0.05) is 0 Å². The first-order valence-electron chi connectivity index (χ1n) is 14.0. The quantitative estimate of drug-likeness (QED) is 0.0613. The molecule has 1 aliphatic rings. The summed E-state index contributed by atoms with van der Waals surface area (Å²) in [6.45, 7) is -1.15. The first-order valence-corrected chi connectivity index (χ1v) is 14.0. The average Bonchev–Trinajstić information content (AvgIpc) is 3.49. The Hall–Kier alpha value is -4.89. The molecule has 0 unspecified atom stereocenters. The van der Waals surface area contributed by atoms with E-state index in [4.69, 9.17) is 21.7 Å². The molecular weight excluding hydrogens is 620 g/mol. The number of carboxylic acid groups (broad SMARTS) is 2. The molecule has 0 saturated carbocycles. The molecule has 0 aromatic rings. The van der Waals surface area contributed by atoms with Crippen molar-refractivity contribution in [2.45, 2.75) is 75.3 Å². The Bertz CT molecular complexity index is 1180. The van der Waals surface area contributed by atoms with Gasteiger partial charge in [0.2, 0.25) is 41.4 Å². The fraction of sp³-hybridized carbons (Fsp3) is 0.640. The summed E-state index contributed by atoms with van der Waals surface area (Å²) < 4.78 is 0. The lowest BCUT2D eigenvalue weighted by atomic mass is 10.1. The van der Waals surface area contributed by atoms with Gasteiger partial charge in [0.25, 0.3) is 0 Å². The van der Waals surface area contributed by atoms with Crippen LogP contribution in [-0.4, -0.2) is 141 Å². The normalized spacial score (nSPS) is 17.3. The molecule has 21 heteroatoms. The number of nitrogens with one attached hydrogen (secondary N) is 5. The molecule has 21 nitrogen and oxygen atoms in total. The van der Waals surface area contributed by atoms with Crippen LogP contribution in [-0.2, 0) is 43.2 Å². The summed E-state index contributed by atoms with van der Waals surface area (Å²) in [6.07, 6.45) is -1.56. The van der Waals surface area contributed by atoms with Crippen molar-refractivity contribution in [2.75, 3.05) is 26.3 Å². The van der Waals surface area contributed by atoms with Gasteiger partial charge in [-0.25, -0.2) is 4.79 Å². The maximum Gasteiger partial charge on any atom is 0.328 e. The lowest BCUT2D eigenvalue weighted by molar-refractivity contribution is -0.145. The Kier molecular flexibility index (Phi) is 16.0. The van der Waals surface area contributed by atoms with E-state index in [1.165, 1.54) is 6.92 Å². The summed E-state index contributed by atoms with van der Waals surface area (Å²) in [6, 6.07) is -9.10. The zero-order chi connectivity index (χ0) is 35.1. The third kappa shape index (κ3) is 12.2. The van der Waals surface area contributed by atoms with E-state index < -0.39 is 129 Å². The number of likely N-dealkylation sites (tertiary alicyclic amines) is 1. The highest BCUT2D eigenvalue weighted by molar-refractivity contribution is 5.98. The molecule has 0 aromatic carbocycles. The first-order chi connectivity index (χ1) is 21.6. The zero-order valence-electron chi connectivity index (χ0n) is 24.9. The minimum Gasteiger partial charge on any atom is -0.481 e. The highest BCUT2D eigenvalue weighted by Crippen LogP contribution is 2.20. The number of aliphatic hydroxyl groups excluding tert-OH is 2. The average molecular weight is 661 g/mol. The number of nitrogens with two attached hydrogens (primary N) is 2. The topological polar surface area (TPSA) is 350 Å². The molecular formula is C25H40N8O13. The maximum atomic E-state index is 13.5. The van der Waals surface area contributed by atoms with Gasteiger partial charge in [0.15, 0.2) is 0 Å². The maximum absolute atomic E-state index is 13.5. The number of nitrogens with zero attached hydrogens (tertiary/aromatic N) is 1. The summed E-state index contributed by atoms with van der Waals surface area (Å²) in [7, 11) is 0. The minimum absolute atomic E-state index is 0.0399. The van der Waals surface area contributed by atoms with E-state index in [-0.39, 0.29) is 19.4 Å². The lowest BCUT2D eigenvalue weighted by Gasteiger charge is -2.30. The number of carbonyl (C=O) groups is 9. The number of primary amides is 1. The number of carbonyl (C=O) groups excluding carboxylic acids is 7. The molecule has 0 aromatic heterocycles. The van der Waals surface area contributed by atoms with Crippen LogP contribution >= 0.6 is 0 Å². The van der Waals surface area contributed by atoms with Crippen LogP contribution in [0, 0.1) is 0 Å². The van der Waals surface area contributed by atoms with Crippen molar-refractivity contribution in [2.24, 2.45) is 11.5 Å². The number of hydrogen-bond acceptors (Lipinski definition) is 12. The number of aliphatic hydroxyl groups is 2. The summed E-state index contributed by atoms with van der Waals surface area (Å²) in [4.78, 5) is 111. The van der Waals surface area contributed by atoms with Gasteiger partial charge in [-0.3, -0.25) is 38.4 Å². The van der Waals surface area contributed by atoms with Gasteiger partial charge in [0, 0.05) is 13.0 Å². The third-order valence-corrected chi connectivity index (χ3v) is 6.71. The van der Waals surface area contributed by atoms with Gasteiger partial charge in [-0.15, -0.1) is 0 Å². The minimum atomic E-state index is -1.75. The van der Waals surface area contributed by atoms with Gasteiger partial charge in [0.1, 0.15) is 36.3 Å². The third-order valence-electron chi connectivity index (χ3n) is 6.71. The van der Waals surface area contributed by atoms with E-state index in [1.54, 1.807) is 0 Å². The van der Waals surface area contributed by atoms with Gasteiger partial charge >= 0.3 is 11.9 Å². The van der Waals surface area contributed by atoms with Crippen LogP contribution < -0.4 is 38.1 Å². The molecule has 7 amide bonds. The van der Waals surface area contributed by atoms with Gasteiger partial charge in [-0.2, -0.15) is 0 Å². The fourth-order valence-electron chi connectivity index (χ4n) is 4.30. The highest BCUT2D eigenvalue weighted by atomic mass is 16.4. The number of amides is 7. The van der Waals surface area contributed by atoms with E-state index in [0.717, 1.165) is 4.90 Å². The predicted molar refractivity (Wildman–Crippen MR) is 152 cm³/mol. The fourth-order valence-corrected chi connectivity index (χ4v) is 4.30. The van der Waals surface area contributed by atoms with E-state index in [2.05, 4.69) is 21.3 Å². The van der Waals surface area contributed by atoms with E-state index in [0.29, 0.717) is 0 Å². The van der Waals surface area contributed by atoms with Crippen LogP contribution in [0.2, 0.25) is 0 Å². The van der Waals surface area contributed by atoms with Crippen LogP contribution in [0.5, 0.6) is 0 Å². The van der Waals surface area contributed by atoms with Crippen molar-refractivity contribution in [1.82, 2.24) is 31.5 Å². The molecule has 1 heterocycles. The van der Waals surface area contributed by atoms with Crippen molar-refractivity contribution in [3.8, 4) is 0 Å². The molecule has 1 fully saturated rings. The number of rotatable bonds is 19. The Labute approximate surface area is 261 Å². The molecule has 13 N–H and O–H groups in total. The molecule has 1 saturated heterocycles. The molecule has 1 rings (SSSR count). The molecule has 1 aliphatic heterocycles. The van der Waals surface area contributed by atoms with Gasteiger partial charge in [0.05, 0.1) is 26.2 Å². The largest absolute Gasteiger partial charge is 0.481 e. The Balaban J connectivity index is 3.11. The zero-order valence-corrected chi connectivity index (χ0v) is 24.9. The van der Waals surface area contributed by atoms with Crippen molar-refractivity contribution >= 4 is 53.3 Å². The Morgan fingerprint density at radius 3 is 1.89 bits per heavy atom. The predicted octanol–water partition coefficient (Wildman–Crippen LogP) is -6.81. The van der Waals surface area contributed by atoms with Gasteiger partial charge < -0.3 is 63.4 Å². The van der Waals surface area contributed by atoms with Crippen molar-refractivity contribution in [1.29, 1.82) is 0 Å². The highest BCUT2D eigenvalue weighted by Gasteiger charge is 2.40. The second-order valence-electron chi connectivity index (χ2n) is 10.2. The summed E-state index contributed by atoms with van der Waals surface area (Å²) >= 11 is 0. The van der Waals surface area contributed by atoms with E-state index in [1.807, 2.05) is 5.32 Å². The molecule has 0 aliphatic carbocycles. The molecule has 0 spiro atoms. The summed E-state index contributed by atoms with van der Waals surface area (Å²) in [5.74, 6) is -9.66. The van der Waals surface area contributed by atoms with Crippen molar-refractivity contribution in [3.63, 3.8) is 0 Å². The standard InChI is InChI=1S/C25H40N8O13/c1-11(28-18(37)8-26)20(40)31-14(9-34)22(42)30-13(7-17(27)36)24(44)33-6-2-3-16(33)23(43)29-12(4-5-19(38)39)21(41)32-15(10-35)25(45)46/h11-16,34-35H,2-10,26H2,1H3,(H2,27,36)(H,28,37)(H,29,43)(H,30,42)(H,31,40)(H,32,41)(H,38,39)(H,45,46)/t11-,12-,13-,14-,15-,16-/m0/s1. The van der Waals surface area contributed by atoms with E-state index in [9.17, 15) is 53.4 Å². The lowest BCUT2D eigenvalue weighted by Crippen LogP contribution is -2.60. The Morgan fingerprint density at radius 2 is 1.37 bits per heavy atom. The van der Waals surface area contributed by atoms with Crippen molar-refractivity contribution < 1.29 is 63.6 Å². The Morgan fingerprint density at radius 1 is 0.804 bits per heavy atom. The van der Waals surface area contributed by atoms with Gasteiger partial charge in [-0.05, 0) is 26.2 Å². The van der Waals surface area contributed by atoms with Crippen LogP contribution in [0.3, 0.4) is 0 Å². The second-order valence-corrected chi connectivity index (χ2v) is 10.2. The van der Waals surface area contributed by atoms with E-state index >= 15 is 0 Å². The van der Waals surface area contributed by atoms with Crippen LogP contribution in [0.1, 0.15) is 39.0 Å². The van der Waals surface area contributed by atoms with Crippen molar-refractivity contribution in [3.05, 3.63) is 0 Å². The number of aliphatic carboxylic acids is 2. The first kappa shape index (κ1) is 39.1. The second kappa shape index (κ2) is 18.8. The van der Waals surface area contributed by atoms with Crippen LogP contribution in [0.4, 0.5) is 0 Å². The number of hydrogen-bond donors (Lipinski definition) is 11.